The fraction of sp³-hybridized carbons (Fsp3) is 0.188. The van der Waals surface area contributed by atoms with Crippen molar-refractivity contribution in [2.45, 2.75) is 19.9 Å². The van der Waals surface area contributed by atoms with Crippen LogP contribution in [0.2, 0.25) is 0 Å². The van der Waals surface area contributed by atoms with E-state index in [1.807, 2.05) is 25.1 Å². The quantitative estimate of drug-likeness (QED) is 0.759. The average molecular weight is 286 g/mol. The Hall–Kier alpha value is -2.56. The Labute approximate surface area is 121 Å². The minimum absolute atomic E-state index is 0.0617. The molecule has 1 aromatic heterocycles. The van der Waals surface area contributed by atoms with Crippen molar-refractivity contribution in [1.29, 1.82) is 0 Å². The van der Waals surface area contributed by atoms with Crippen molar-refractivity contribution in [2.24, 2.45) is 0 Å². The van der Waals surface area contributed by atoms with Crippen molar-refractivity contribution in [3.8, 4) is 5.75 Å². The van der Waals surface area contributed by atoms with E-state index in [0.717, 1.165) is 22.9 Å². The molecule has 21 heavy (non-hydrogen) atoms. The van der Waals surface area contributed by atoms with Gasteiger partial charge in [-0.25, -0.2) is 9.37 Å². The fourth-order valence-electron chi connectivity index (χ4n) is 2.34. The van der Waals surface area contributed by atoms with Crippen LogP contribution in [-0.4, -0.2) is 10.1 Å². The molecule has 2 N–H and O–H groups in total. The zero-order chi connectivity index (χ0) is 15.0. The van der Waals surface area contributed by atoms with E-state index in [1.165, 1.54) is 6.07 Å². The third-order valence-electron chi connectivity index (χ3n) is 3.34. The van der Waals surface area contributed by atoms with Crippen LogP contribution < -0.4 is 5.32 Å². The van der Waals surface area contributed by atoms with Gasteiger partial charge in [0.05, 0.1) is 6.04 Å². The van der Waals surface area contributed by atoms with Crippen LogP contribution in [0.1, 0.15) is 24.4 Å². The van der Waals surface area contributed by atoms with Crippen molar-refractivity contribution in [3.63, 3.8) is 0 Å². The number of phenols is 1. The smallest absolute Gasteiger partial charge is 0.192 e. The van der Waals surface area contributed by atoms with E-state index in [1.54, 1.807) is 13.0 Å². The number of hydrogen-bond acceptors (Lipinski definition) is 4. The molecule has 0 saturated heterocycles. The van der Waals surface area contributed by atoms with Crippen molar-refractivity contribution in [2.75, 3.05) is 5.32 Å². The number of oxazole rings is 1. The summed E-state index contributed by atoms with van der Waals surface area (Å²) in [5.74, 6) is 0.0997. The van der Waals surface area contributed by atoms with Crippen molar-refractivity contribution >= 4 is 16.8 Å². The number of anilines is 1. The first-order valence-corrected chi connectivity index (χ1v) is 6.65. The second kappa shape index (κ2) is 5.09. The van der Waals surface area contributed by atoms with Gasteiger partial charge in [-0.15, -0.1) is 0 Å². The number of hydrogen-bond donors (Lipinski definition) is 2. The molecule has 4 nitrogen and oxygen atoms in total. The molecular formula is C16H15FN2O2. The van der Waals surface area contributed by atoms with Crippen molar-refractivity contribution in [1.82, 2.24) is 4.98 Å². The molecule has 3 rings (SSSR count). The molecule has 0 aliphatic rings. The molecule has 2 aromatic carbocycles. The third kappa shape index (κ3) is 2.67. The summed E-state index contributed by atoms with van der Waals surface area (Å²) < 4.78 is 18.4. The highest BCUT2D eigenvalue weighted by Crippen LogP contribution is 2.28. The van der Waals surface area contributed by atoms with E-state index < -0.39 is 5.82 Å². The number of nitrogens with zero attached hydrogens (tertiary/aromatic N) is 1. The highest BCUT2D eigenvalue weighted by atomic mass is 19.1. The summed E-state index contributed by atoms with van der Waals surface area (Å²) in [5, 5.41) is 13.1. The van der Waals surface area contributed by atoms with Crippen LogP contribution >= 0.6 is 0 Å². The number of aromatic nitrogens is 1. The zero-order valence-electron chi connectivity index (χ0n) is 11.7. The molecule has 0 amide bonds. The Morgan fingerprint density at radius 3 is 2.81 bits per heavy atom. The maximum absolute atomic E-state index is 13.0. The number of aryl methyl sites for hydroxylation is 1. The first-order chi connectivity index (χ1) is 10.0. The lowest BCUT2D eigenvalue weighted by molar-refractivity contribution is 0.459. The molecule has 108 valence electrons. The predicted molar refractivity (Wildman–Crippen MR) is 78.8 cm³/mol. The van der Waals surface area contributed by atoms with Gasteiger partial charge in [0.2, 0.25) is 0 Å². The summed E-state index contributed by atoms with van der Waals surface area (Å²) in [6, 6.07) is 9.44. The molecule has 5 heteroatoms. The van der Waals surface area contributed by atoms with Crippen molar-refractivity contribution < 1.29 is 13.9 Å². The summed E-state index contributed by atoms with van der Waals surface area (Å²) in [4.78, 5) is 4.28. The molecule has 0 aliphatic heterocycles. The third-order valence-corrected chi connectivity index (χ3v) is 3.34. The normalized spacial score (nSPS) is 12.5. The summed E-state index contributed by atoms with van der Waals surface area (Å²) in [6.45, 7) is 3.69. The summed E-state index contributed by atoms with van der Waals surface area (Å²) in [7, 11) is 0. The summed E-state index contributed by atoms with van der Waals surface area (Å²) >= 11 is 0. The Morgan fingerprint density at radius 1 is 1.24 bits per heavy atom. The topological polar surface area (TPSA) is 58.3 Å². The van der Waals surface area contributed by atoms with Gasteiger partial charge in [-0.3, -0.25) is 0 Å². The number of rotatable bonds is 3. The molecule has 0 spiro atoms. The maximum Gasteiger partial charge on any atom is 0.192 e. The van der Waals surface area contributed by atoms with E-state index in [9.17, 15) is 9.50 Å². The number of aromatic hydroxyl groups is 1. The van der Waals surface area contributed by atoms with Gasteiger partial charge in [-0.05, 0) is 31.2 Å². The monoisotopic (exact) mass is 286 g/mol. The second-order valence-corrected chi connectivity index (χ2v) is 4.98. The molecule has 1 unspecified atom stereocenters. The first kappa shape index (κ1) is 13.4. The zero-order valence-corrected chi connectivity index (χ0v) is 11.7. The SMILES string of the molecule is Cc1nc2cc(NC(C)c3ccc(F)cc3O)ccc2o1. The van der Waals surface area contributed by atoms with Gasteiger partial charge < -0.3 is 14.8 Å². The highest BCUT2D eigenvalue weighted by molar-refractivity contribution is 5.77. The predicted octanol–water partition coefficient (Wildman–Crippen LogP) is 4.15. The van der Waals surface area contributed by atoms with Gasteiger partial charge in [-0.2, -0.15) is 0 Å². The highest BCUT2D eigenvalue weighted by Gasteiger charge is 2.12. The Bertz CT molecular complexity index is 798. The molecule has 0 bridgehead atoms. The maximum atomic E-state index is 13.0. The van der Waals surface area contributed by atoms with Gasteiger partial charge in [0.15, 0.2) is 11.5 Å². The van der Waals surface area contributed by atoms with Crippen LogP contribution in [0.5, 0.6) is 5.75 Å². The fourth-order valence-corrected chi connectivity index (χ4v) is 2.34. The van der Waals surface area contributed by atoms with Crippen LogP contribution in [0.4, 0.5) is 10.1 Å². The Balaban J connectivity index is 1.86. The number of halogens is 1. The summed E-state index contributed by atoms with van der Waals surface area (Å²) in [6.07, 6.45) is 0. The molecule has 1 atom stereocenters. The molecule has 0 radical (unpaired) electrons. The average Bonchev–Trinajstić information content (AvgIpc) is 2.77. The lowest BCUT2D eigenvalue weighted by Gasteiger charge is -2.16. The molecule has 1 heterocycles. The first-order valence-electron chi connectivity index (χ1n) is 6.65. The van der Waals surface area contributed by atoms with E-state index >= 15 is 0 Å². The summed E-state index contributed by atoms with van der Waals surface area (Å²) in [5.41, 5.74) is 2.99. The minimum atomic E-state index is -0.456. The van der Waals surface area contributed by atoms with E-state index in [4.69, 9.17) is 4.42 Å². The van der Waals surface area contributed by atoms with Crippen LogP contribution in [-0.2, 0) is 0 Å². The van der Waals surface area contributed by atoms with Crippen molar-refractivity contribution in [3.05, 3.63) is 53.7 Å². The lowest BCUT2D eigenvalue weighted by atomic mass is 10.1. The minimum Gasteiger partial charge on any atom is -0.507 e. The lowest BCUT2D eigenvalue weighted by Crippen LogP contribution is -2.06. The van der Waals surface area contributed by atoms with Crippen LogP contribution in [0.25, 0.3) is 11.1 Å². The van der Waals surface area contributed by atoms with Gasteiger partial charge in [0.25, 0.3) is 0 Å². The second-order valence-electron chi connectivity index (χ2n) is 4.98. The van der Waals surface area contributed by atoms with E-state index in [2.05, 4.69) is 10.3 Å². The number of phenolic OH excluding ortho intramolecular Hbond substituents is 1. The Morgan fingerprint density at radius 2 is 2.05 bits per heavy atom. The molecule has 0 saturated carbocycles. The molecular weight excluding hydrogens is 271 g/mol. The molecule has 0 fully saturated rings. The number of fused-ring (bicyclic) bond motifs is 1. The van der Waals surface area contributed by atoms with Crippen LogP contribution in [0.3, 0.4) is 0 Å². The Kier molecular flexibility index (Phi) is 3.25. The van der Waals surface area contributed by atoms with Crippen LogP contribution in [0.15, 0.2) is 40.8 Å². The van der Waals surface area contributed by atoms with Gasteiger partial charge in [0, 0.05) is 24.2 Å². The van der Waals surface area contributed by atoms with E-state index in [-0.39, 0.29) is 11.8 Å². The molecule has 0 aliphatic carbocycles. The largest absolute Gasteiger partial charge is 0.507 e. The van der Waals surface area contributed by atoms with Crippen LogP contribution in [0, 0.1) is 12.7 Å². The van der Waals surface area contributed by atoms with Gasteiger partial charge >= 0.3 is 0 Å². The number of nitrogens with one attached hydrogen (secondary N) is 1. The van der Waals surface area contributed by atoms with Gasteiger partial charge in [-0.1, -0.05) is 6.07 Å². The standard InChI is InChI=1S/C16H15FN2O2/c1-9(13-5-3-11(17)7-15(13)20)18-12-4-6-16-14(8-12)19-10(2)21-16/h3-9,18,20H,1-2H3. The van der Waals surface area contributed by atoms with Gasteiger partial charge in [0.1, 0.15) is 17.1 Å². The molecule has 3 aromatic rings. The van der Waals surface area contributed by atoms with E-state index in [0.29, 0.717) is 11.5 Å². The number of benzene rings is 2.